The highest BCUT2D eigenvalue weighted by Crippen LogP contribution is 2.30. The second kappa shape index (κ2) is 8.05. The van der Waals surface area contributed by atoms with Gasteiger partial charge < -0.3 is 10.2 Å². The van der Waals surface area contributed by atoms with Crippen molar-refractivity contribution in [3.8, 4) is 0 Å². The number of hydrogen-bond acceptors (Lipinski definition) is 7. The van der Waals surface area contributed by atoms with E-state index in [-0.39, 0.29) is 16.3 Å². The van der Waals surface area contributed by atoms with Crippen molar-refractivity contribution in [2.45, 2.75) is 30.7 Å². The minimum atomic E-state index is -3.52. The van der Waals surface area contributed by atoms with E-state index in [1.165, 1.54) is 31.4 Å². The van der Waals surface area contributed by atoms with E-state index in [4.69, 9.17) is 0 Å². The number of benzene rings is 1. The molecule has 10 heteroatoms. The molecular formula is C17H23N5O4S. The fraction of sp³-hybridized carbons (Fsp3) is 0.471. The molecule has 0 saturated carbocycles. The predicted molar refractivity (Wildman–Crippen MR) is 102 cm³/mol. The third kappa shape index (κ3) is 5.04. The molecule has 3 rings (SSSR count). The highest BCUT2D eigenvalue weighted by atomic mass is 32.2. The smallest absolute Gasteiger partial charge is 0.293 e. The molecule has 1 aliphatic heterocycles. The van der Waals surface area contributed by atoms with Crippen molar-refractivity contribution in [2.75, 3.05) is 31.2 Å². The van der Waals surface area contributed by atoms with E-state index in [2.05, 4.69) is 15.3 Å². The summed E-state index contributed by atoms with van der Waals surface area (Å²) in [6, 6.07) is 3.82. The second-order valence-electron chi connectivity index (χ2n) is 6.73. The monoisotopic (exact) mass is 393 g/mol. The van der Waals surface area contributed by atoms with E-state index >= 15 is 0 Å². The summed E-state index contributed by atoms with van der Waals surface area (Å²) in [4.78, 5) is 13.0. The lowest BCUT2D eigenvalue weighted by molar-refractivity contribution is -0.384. The van der Waals surface area contributed by atoms with Crippen LogP contribution in [0.2, 0.25) is 0 Å². The standard InChI is InChI=1S/C17H23N5O4S/c1-27(25,26)15-5-6-16(17(11-15)22(23)24)19-14-12-18-21(13-14)10-9-20-7-3-2-4-8-20/h5-6,11-13,19H,2-4,7-10H2,1H3. The Morgan fingerprint density at radius 2 is 1.96 bits per heavy atom. The summed E-state index contributed by atoms with van der Waals surface area (Å²) in [6.07, 6.45) is 8.18. The number of aromatic nitrogens is 2. The summed E-state index contributed by atoms with van der Waals surface area (Å²) in [7, 11) is -3.52. The molecule has 1 aromatic heterocycles. The first kappa shape index (κ1) is 19.3. The number of nitrogens with zero attached hydrogens (tertiary/aromatic N) is 4. The molecule has 0 aliphatic carbocycles. The Balaban J connectivity index is 1.70. The molecule has 0 bridgehead atoms. The van der Waals surface area contributed by atoms with Crippen LogP contribution >= 0.6 is 0 Å². The van der Waals surface area contributed by atoms with E-state index < -0.39 is 14.8 Å². The van der Waals surface area contributed by atoms with Crippen molar-refractivity contribution in [3.05, 3.63) is 40.7 Å². The van der Waals surface area contributed by atoms with Crippen LogP contribution in [0, 0.1) is 10.1 Å². The Morgan fingerprint density at radius 1 is 1.22 bits per heavy atom. The van der Waals surface area contributed by atoms with E-state index in [0.29, 0.717) is 5.69 Å². The van der Waals surface area contributed by atoms with Crippen molar-refractivity contribution >= 4 is 26.9 Å². The zero-order chi connectivity index (χ0) is 19.4. The van der Waals surface area contributed by atoms with Gasteiger partial charge in [0.15, 0.2) is 9.84 Å². The summed E-state index contributed by atoms with van der Waals surface area (Å²) in [5.74, 6) is 0. The molecule has 1 fully saturated rings. The molecule has 146 valence electrons. The second-order valence-corrected chi connectivity index (χ2v) is 8.74. The van der Waals surface area contributed by atoms with Gasteiger partial charge in [0.05, 0.1) is 28.2 Å². The van der Waals surface area contributed by atoms with Gasteiger partial charge in [-0.1, -0.05) is 6.42 Å². The van der Waals surface area contributed by atoms with E-state index in [1.54, 1.807) is 17.1 Å². The molecule has 1 aromatic carbocycles. The number of likely N-dealkylation sites (tertiary alicyclic amines) is 1. The Hall–Kier alpha value is -2.46. The van der Waals surface area contributed by atoms with Crippen molar-refractivity contribution in [1.29, 1.82) is 0 Å². The van der Waals surface area contributed by atoms with Crippen LogP contribution in [-0.2, 0) is 16.4 Å². The molecule has 2 aromatic rings. The van der Waals surface area contributed by atoms with E-state index in [1.807, 2.05) is 0 Å². The number of piperidine rings is 1. The van der Waals surface area contributed by atoms with Crippen molar-refractivity contribution in [3.63, 3.8) is 0 Å². The van der Waals surface area contributed by atoms with Crippen LogP contribution < -0.4 is 5.32 Å². The zero-order valence-electron chi connectivity index (χ0n) is 15.2. The maximum atomic E-state index is 11.6. The third-order valence-corrected chi connectivity index (χ3v) is 5.71. The highest BCUT2D eigenvalue weighted by Gasteiger charge is 2.19. The van der Waals surface area contributed by atoms with Crippen LogP contribution in [0.3, 0.4) is 0 Å². The van der Waals surface area contributed by atoms with Gasteiger partial charge in [0.1, 0.15) is 5.69 Å². The van der Waals surface area contributed by atoms with Gasteiger partial charge in [-0.05, 0) is 38.1 Å². The van der Waals surface area contributed by atoms with Crippen LogP contribution in [0.4, 0.5) is 17.1 Å². The normalized spacial score (nSPS) is 15.6. The Labute approximate surface area is 158 Å². The molecule has 0 radical (unpaired) electrons. The maximum absolute atomic E-state index is 11.6. The summed E-state index contributed by atoms with van der Waals surface area (Å²) in [6.45, 7) is 3.90. The molecule has 0 amide bonds. The van der Waals surface area contributed by atoms with Gasteiger partial charge >= 0.3 is 0 Å². The van der Waals surface area contributed by atoms with Crippen LogP contribution in [0.25, 0.3) is 0 Å². The van der Waals surface area contributed by atoms with Gasteiger partial charge in [0.25, 0.3) is 5.69 Å². The van der Waals surface area contributed by atoms with Crippen molar-refractivity contribution in [2.24, 2.45) is 0 Å². The van der Waals surface area contributed by atoms with Gasteiger partial charge in [-0.25, -0.2) is 8.42 Å². The molecule has 2 heterocycles. The molecule has 1 N–H and O–H groups in total. The van der Waals surface area contributed by atoms with Gasteiger partial charge in [-0.2, -0.15) is 5.10 Å². The van der Waals surface area contributed by atoms with Gasteiger partial charge in [-0.15, -0.1) is 0 Å². The fourth-order valence-electron chi connectivity index (χ4n) is 3.13. The number of sulfone groups is 1. The zero-order valence-corrected chi connectivity index (χ0v) is 16.0. The van der Waals surface area contributed by atoms with Gasteiger partial charge in [0.2, 0.25) is 0 Å². The van der Waals surface area contributed by atoms with Crippen molar-refractivity contribution in [1.82, 2.24) is 14.7 Å². The highest BCUT2D eigenvalue weighted by molar-refractivity contribution is 7.90. The van der Waals surface area contributed by atoms with Crippen molar-refractivity contribution < 1.29 is 13.3 Å². The Kier molecular flexibility index (Phi) is 5.76. The average Bonchev–Trinajstić information content (AvgIpc) is 3.07. The number of hydrogen-bond donors (Lipinski definition) is 1. The summed E-state index contributed by atoms with van der Waals surface area (Å²) >= 11 is 0. The van der Waals surface area contributed by atoms with Crippen LogP contribution in [0.5, 0.6) is 0 Å². The molecule has 1 saturated heterocycles. The third-order valence-electron chi connectivity index (χ3n) is 4.60. The predicted octanol–water partition coefficient (Wildman–Crippen LogP) is 2.42. The minimum absolute atomic E-state index is 0.0861. The first-order valence-corrected chi connectivity index (χ1v) is 10.7. The molecule has 9 nitrogen and oxygen atoms in total. The first-order chi connectivity index (χ1) is 12.8. The molecule has 1 aliphatic rings. The quantitative estimate of drug-likeness (QED) is 0.568. The molecular weight excluding hydrogens is 370 g/mol. The number of nitrogens with one attached hydrogen (secondary N) is 1. The molecule has 27 heavy (non-hydrogen) atoms. The molecule has 0 spiro atoms. The Bertz CT molecular complexity index is 919. The lowest BCUT2D eigenvalue weighted by atomic mass is 10.1. The van der Waals surface area contributed by atoms with Crippen LogP contribution in [-0.4, -0.2) is 53.9 Å². The number of anilines is 2. The first-order valence-electron chi connectivity index (χ1n) is 8.83. The number of rotatable bonds is 7. The summed E-state index contributed by atoms with van der Waals surface area (Å²) < 4.78 is 25.0. The van der Waals surface area contributed by atoms with Gasteiger partial charge in [0, 0.05) is 25.1 Å². The van der Waals surface area contributed by atoms with E-state index in [0.717, 1.165) is 38.5 Å². The summed E-state index contributed by atoms with van der Waals surface area (Å²) in [5.41, 5.74) is 0.547. The van der Waals surface area contributed by atoms with E-state index in [9.17, 15) is 18.5 Å². The average molecular weight is 393 g/mol. The Morgan fingerprint density at radius 3 is 2.63 bits per heavy atom. The summed E-state index contributed by atoms with van der Waals surface area (Å²) in [5, 5.41) is 18.6. The van der Waals surface area contributed by atoms with Gasteiger partial charge in [-0.3, -0.25) is 14.8 Å². The number of nitro benzene ring substituents is 1. The topological polar surface area (TPSA) is 110 Å². The maximum Gasteiger partial charge on any atom is 0.293 e. The molecule has 0 atom stereocenters. The largest absolute Gasteiger partial charge is 0.347 e. The lowest BCUT2D eigenvalue weighted by Crippen LogP contribution is -2.32. The van der Waals surface area contributed by atoms with Crippen LogP contribution in [0.15, 0.2) is 35.5 Å². The fourth-order valence-corrected chi connectivity index (χ4v) is 3.77. The number of nitro groups is 1. The minimum Gasteiger partial charge on any atom is -0.347 e. The lowest BCUT2D eigenvalue weighted by Gasteiger charge is -2.26. The van der Waals surface area contributed by atoms with Crippen LogP contribution in [0.1, 0.15) is 19.3 Å². The SMILES string of the molecule is CS(=O)(=O)c1ccc(Nc2cnn(CCN3CCCCC3)c2)c([N+](=O)[O-])c1. The molecule has 0 unspecified atom stereocenters.